The summed E-state index contributed by atoms with van der Waals surface area (Å²) in [6.07, 6.45) is 0. The van der Waals surface area contributed by atoms with Gasteiger partial charge in [0.25, 0.3) is 5.91 Å². The fourth-order valence-corrected chi connectivity index (χ4v) is 4.05. The van der Waals surface area contributed by atoms with Gasteiger partial charge in [-0.25, -0.2) is 4.79 Å². The van der Waals surface area contributed by atoms with Crippen LogP contribution in [0.4, 0.5) is 5.00 Å². The van der Waals surface area contributed by atoms with Crippen molar-refractivity contribution in [3.63, 3.8) is 0 Å². The van der Waals surface area contributed by atoms with Gasteiger partial charge in [-0.2, -0.15) is 0 Å². The lowest BCUT2D eigenvalue weighted by atomic mass is 10.00. The van der Waals surface area contributed by atoms with Gasteiger partial charge in [0.05, 0.1) is 7.11 Å². The topological polar surface area (TPSA) is 55.4 Å². The monoisotopic (exact) mass is 379 g/mol. The van der Waals surface area contributed by atoms with Crippen LogP contribution in [0.2, 0.25) is 0 Å². The third-order valence-corrected chi connectivity index (χ3v) is 5.45. The van der Waals surface area contributed by atoms with Gasteiger partial charge in [0.1, 0.15) is 10.6 Å². The van der Waals surface area contributed by atoms with E-state index in [2.05, 4.69) is 5.32 Å². The maximum atomic E-state index is 12.7. The quantitative estimate of drug-likeness (QED) is 0.619. The molecule has 3 aromatic rings. The van der Waals surface area contributed by atoms with Gasteiger partial charge in [0, 0.05) is 16.0 Å². The Bertz CT molecular complexity index is 1000. The average molecular weight is 379 g/mol. The van der Waals surface area contributed by atoms with Crippen LogP contribution in [-0.4, -0.2) is 19.0 Å². The summed E-state index contributed by atoms with van der Waals surface area (Å²) < 4.78 is 5.00. The van der Waals surface area contributed by atoms with Gasteiger partial charge in [-0.3, -0.25) is 4.79 Å². The Morgan fingerprint density at radius 2 is 1.63 bits per heavy atom. The maximum Gasteiger partial charge on any atom is 0.341 e. The number of hydrogen-bond donors (Lipinski definition) is 1. The Balaban J connectivity index is 2.07. The van der Waals surface area contributed by atoms with Crippen LogP contribution in [0.3, 0.4) is 0 Å². The van der Waals surface area contributed by atoms with Crippen LogP contribution in [0, 0.1) is 20.8 Å². The zero-order valence-corrected chi connectivity index (χ0v) is 16.6. The van der Waals surface area contributed by atoms with Crippen molar-refractivity contribution in [1.29, 1.82) is 0 Å². The van der Waals surface area contributed by atoms with E-state index in [9.17, 15) is 9.59 Å². The van der Waals surface area contributed by atoms with Crippen molar-refractivity contribution in [2.75, 3.05) is 12.4 Å². The maximum absolute atomic E-state index is 12.7. The number of thiophene rings is 1. The molecule has 5 heteroatoms. The highest BCUT2D eigenvalue weighted by molar-refractivity contribution is 7.17. The van der Waals surface area contributed by atoms with Crippen LogP contribution in [0.1, 0.15) is 36.7 Å². The number of benzene rings is 2. The molecule has 138 valence electrons. The highest BCUT2D eigenvalue weighted by atomic mass is 32.1. The second kappa shape index (κ2) is 7.76. The Hall–Kier alpha value is -2.92. The summed E-state index contributed by atoms with van der Waals surface area (Å²) in [5.74, 6) is -0.704. The summed E-state index contributed by atoms with van der Waals surface area (Å²) in [5.41, 5.74) is 4.71. The number of nitrogens with one attached hydrogen (secondary N) is 1. The van der Waals surface area contributed by atoms with E-state index in [-0.39, 0.29) is 5.91 Å². The smallest absolute Gasteiger partial charge is 0.341 e. The molecule has 0 saturated heterocycles. The van der Waals surface area contributed by atoms with Crippen LogP contribution in [0.15, 0.2) is 48.5 Å². The Morgan fingerprint density at radius 1 is 0.963 bits per heavy atom. The summed E-state index contributed by atoms with van der Waals surface area (Å²) in [7, 11) is 1.35. The van der Waals surface area contributed by atoms with Gasteiger partial charge in [-0.15, -0.1) is 11.3 Å². The normalized spacial score (nSPS) is 10.5. The first-order valence-electron chi connectivity index (χ1n) is 8.58. The van der Waals surface area contributed by atoms with Crippen molar-refractivity contribution in [2.45, 2.75) is 20.8 Å². The fourth-order valence-electron chi connectivity index (χ4n) is 3.00. The minimum atomic E-state index is -0.463. The molecule has 1 amide bonds. The molecule has 0 saturated carbocycles. The molecule has 2 aromatic carbocycles. The van der Waals surface area contributed by atoms with E-state index in [1.807, 2.05) is 63.2 Å². The van der Waals surface area contributed by atoms with Gasteiger partial charge in [0.2, 0.25) is 0 Å². The van der Waals surface area contributed by atoms with Crippen molar-refractivity contribution in [2.24, 2.45) is 0 Å². The molecule has 0 bridgehead atoms. The minimum absolute atomic E-state index is 0.241. The van der Waals surface area contributed by atoms with E-state index in [1.54, 1.807) is 6.07 Å². The molecule has 0 unspecified atom stereocenters. The molecule has 1 aromatic heterocycles. The van der Waals surface area contributed by atoms with Crippen molar-refractivity contribution >= 4 is 28.2 Å². The second-order valence-electron chi connectivity index (χ2n) is 6.36. The Labute approximate surface area is 162 Å². The third kappa shape index (κ3) is 3.78. The number of hydrogen-bond acceptors (Lipinski definition) is 4. The number of methoxy groups -OCH3 is 1. The van der Waals surface area contributed by atoms with Crippen molar-refractivity contribution in [3.8, 4) is 11.1 Å². The lowest BCUT2D eigenvalue weighted by molar-refractivity contribution is 0.0603. The predicted octanol–water partition coefficient (Wildman–Crippen LogP) is 5.38. The molecule has 27 heavy (non-hydrogen) atoms. The molecule has 0 atom stereocenters. The number of ether oxygens (including phenoxy) is 1. The number of carbonyl (C=O) groups is 2. The molecule has 3 rings (SSSR count). The molecule has 0 radical (unpaired) electrons. The average Bonchev–Trinajstić information content (AvgIpc) is 2.97. The van der Waals surface area contributed by atoms with E-state index in [1.165, 1.54) is 18.4 Å². The number of anilines is 1. The van der Waals surface area contributed by atoms with E-state index in [0.717, 1.165) is 27.1 Å². The first-order chi connectivity index (χ1) is 12.9. The van der Waals surface area contributed by atoms with E-state index in [0.29, 0.717) is 16.1 Å². The standard InChI is InChI=1S/C22H21NO3S/c1-13-9-11-16(12-10-13)18-15(3)27-21(19(18)22(25)26-4)23-20(24)17-8-6-5-7-14(17)2/h5-12H,1-4H3,(H,23,24). The van der Waals surface area contributed by atoms with E-state index < -0.39 is 5.97 Å². The number of aryl methyl sites for hydroxylation is 3. The summed E-state index contributed by atoms with van der Waals surface area (Å²) in [6.45, 7) is 5.84. The van der Waals surface area contributed by atoms with Crippen LogP contribution < -0.4 is 5.32 Å². The van der Waals surface area contributed by atoms with E-state index in [4.69, 9.17) is 4.74 Å². The zero-order chi connectivity index (χ0) is 19.6. The molecular formula is C22H21NO3S. The van der Waals surface area contributed by atoms with E-state index >= 15 is 0 Å². The molecule has 0 aliphatic heterocycles. The van der Waals surface area contributed by atoms with Crippen LogP contribution in [0.5, 0.6) is 0 Å². The van der Waals surface area contributed by atoms with Crippen LogP contribution in [0.25, 0.3) is 11.1 Å². The van der Waals surface area contributed by atoms with Gasteiger partial charge >= 0.3 is 5.97 Å². The molecule has 0 aliphatic rings. The molecule has 1 heterocycles. The SMILES string of the molecule is COC(=O)c1c(NC(=O)c2ccccc2C)sc(C)c1-c1ccc(C)cc1. The Kier molecular flexibility index (Phi) is 5.42. The number of rotatable bonds is 4. The minimum Gasteiger partial charge on any atom is -0.465 e. The van der Waals surface area contributed by atoms with Gasteiger partial charge < -0.3 is 10.1 Å². The lowest BCUT2D eigenvalue weighted by Gasteiger charge is -2.09. The zero-order valence-electron chi connectivity index (χ0n) is 15.8. The molecule has 0 aliphatic carbocycles. The lowest BCUT2D eigenvalue weighted by Crippen LogP contribution is -2.15. The predicted molar refractivity (Wildman–Crippen MR) is 110 cm³/mol. The molecular weight excluding hydrogens is 358 g/mol. The second-order valence-corrected chi connectivity index (χ2v) is 7.59. The summed E-state index contributed by atoms with van der Waals surface area (Å²) in [4.78, 5) is 26.2. The summed E-state index contributed by atoms with van der Waals surface area (Å²) >= 11 is 1.38. The molecule has 0 spiro atoms. The summed E-state index contributed by atoms with van der Waals surface area (Å²) in [5, 5.41) is 3.41. The van der Waals surface area contributed by atoms with Gasteiger partial charge in [-0.1, -0.05) is 48.0 Å². The summed E-state index contributed by atoms with van der Waals surface area (Å²) in [6, 6.07) is 15.3. The first kappa shape index (κ1) is 18.9. The largest absolute Gasteiger partial charge is 0.465 e. The van der Waals surface area contributed by atoms with Crippen molar-refractivity contribution < 1.29 is 14.3 Å². The van der Waals surface area contributed by atoms with Crippen molar-refractivity contribution in [1.82, 2.24) is 0 Å². The molecule has 1 N–H and O–H groups in total. The molecule has 4 nitrogen and oxygen atoms in total. The van der Waals surface area contributed by atoms with Gasteiger partial charge in [0.15, 0.2) is 0 Å². The van der Waals surface area contributed by atoms with Crippen molar-refractivity contribution in [3.05, 3.63) is 75.7 Å². The number of amides is 1. The number of esters is 1. The van der Waals surface area contributed by atoms with Crippen LogP contribution >= 0.6 is 11.3 Å². The number of carbonyl (C=O) groups excluding carboxylic acids is 2. The third-order valence-electron chi connectivity index (χ3n) is 4.43. The van der Waals surface area contributed by atoms with Crippen LogP contribution in [-0.2, 0) is 4.74 Å². The molecule has 0 fully saturated rings. The first-order valence-corrected chi connectivity index (χ1v) is 9.39. The Morgan fingerprint density at radius 3 is 2.26 bits per heavy atom. The highest BCUT2D eigenvalue weighted by Gasteiger charge is 2.25. The highest BCUT2D eigenvalue weighted by Crippen LogP contribution is 2.40. The fraction of sp³-hybridized carbons (Fsp3) is 0.182. The van der Waals surface area contributed by atoms with Gasteiger partial charge in [-0.05, 0) is 38.0 Å².